The van der Waals surface area contributed by atoms with Crippen LogP contribution in [0.2, 0.25) is 0 Å². The molecule has 6 nitrogen and oxygen atoms in total. The maximum Gasteiger partial charge on any atom is 0.267 e. The Kier molecular flexibility index (Phi) is 5.67. The van der Waals surface area contributed by atoms with Crippen LogP contribution < -0.4 is 15.4 Å². The van der Waals surface area contributed by atoms with E-state index in [-0.39, 0.29) is 29.1 Å². The average Bonchev–Trinajstić information content (AvgIpc) is 3.44. The molecular weight excluding hydrogens is 488 g/mol. The number of hydrogen-bond acceptors (Lipinski definition) is 4. The first kappa shape index (κ1) is 23.8. The second-order valence-corrected chi connectivity index (χ2v) is 9.41. The van der Waals surface area contributed by atoms with Crippen molar-refractivity contribution in [3.05, 3.63) is 100 Å². The van der Waals surface area contributed by atoms with E-state index in [1.54, 1.807) is 18.2 Å². The highest BCUT2D eigenvalue weighted by molar-refractivity contribution is 6.10. The van der Waals surface area contributed by atoms with Crippen LogP contribution in [0.1, 0.15) is 50.9 Å². The number of benzene rings is 3. The van der Waals surface area contributed by atoms with Crippen molar-refractivity contribution in [3.63, 3.8) is 0 Å². The third-order valence-corrected chi connectivity index (χ3v) is 7.03. The number of hydrogen-bond donors (Lipinski definition) is 1. The summed E-state index contributed by atoms with van der Waals surface area (Å²) in [5.74, 6) is -1.55. The molecule has 1 aliphatic carbocycles. The quantitative estimate of drug-likeness (QED) is 0.319. The summed E-state index contributed by atoms with van der Waals surface area (Å²) in [6.45, 7) is 2.74. The monoisotopic (exact) mass is 511 g/mol. The number of amides is 2. The highest BCUT2D eigenvalue weighted by Crippen LogP contribution is 2.46. The van der Waals surface area contributed by atoms with Crippen molar-refractivity contribution in [2.24, 2.45) is 5.73 Å². The molecule has 0 saturated carbocycles. The second kappa shape index (κ2) is 9.06. The number of carbonyl (C=O) groups excluding carboxylic acids is 2. The topological polar surface area (TPSA) is 85.5 Å². The number of ether oxygens (including phenoxy) is 1. The summed E-state index contributed by atoms with van der Waals surface area (Å²) in [4.78, 5) is 30.9. The molecule has 1 aromatic heterocycles. The summed E-state index contributed by atoms with van der Waals surface area (Å²) in [6, 6.07) is 14.5. The number of halogens is 2. The normalized spacial score (nSPS) is 13.3. The van der Waals surface area contributed by atoms with Gasteiger partial charge < -0.3 is 15.4 Å². The number of primary amides is 1. The van der Waals surface area contributed by atoms with Crippen molar-refractivity contribution >= 4 is 17.5 Å². The lowest BCUT2D eigenvalue weighted by Crippen LogP contribution is -2.24. The van der Waals surface area contributed by atoms with Gasteiger partial charge in [-0.15, -0.1) is 0 Å². The molecule has 8 heteroatoms. The molecule has 0 radical (unpaired) electrons. The lowest BCUT2D eigenvalue weighted by Gasteiger charge is -2.19. The van der Waals surface area contributed by atoms with Crippen LogP contribution in [0.5, 0.6) is 5.75 Å². The van der Waals surface area contributed by atoms with E-state index >= 15 is 4.39 Å². The fourth-order valence-corrected chi connectivity index (χ4v) is 5.31. The molecule has 4 aromatic rings. The SMILES string of the molecule is CCCOc1ccc2c(c1)Cc1c(C(N)=O)ncc(-c3cccc(N4Cc5ccc(F)cc5C4=O)c3F)c1-2. The first-order valence-corrected chi connectivity index (χ1v) is 12.3. The van der Waals surface area contributed by atoms with Crippen LogP contribution in [-0.2, 0) is 13.0 Å². The van der Waals surface area contributed by atoms with Crippen LogP contribution in [0, 0.1) is 11.6 Å². The number of fused-ring (bicyclic) bond motifs is 4. The number of aromatic nitrogens is 1. The Morgan fingerprint density at radius 1 is 1.03 bits per heavy atom. The summed E-state index contributed by atoms with van der Waals surface area (Å²) in [7, 11) is 0. The van der Waals surface area contributed by atoms with Gasteiger partial charge in [-0.05, 0) is 64.6 Å². The minimum absolute atomic E-state index is 0.0818. The van der Waals surface area contributed by atoms with E-state index in [9.17, 15) is 14.0 Å². The molecule has 190 valence electrons. The van der Waals surface area contributed by atoms with E-state index in [0.717, 1.165) is 17.5 Å². The summed E-state index contributed by atoms with van der Waals surface area (Å²) in [5, 5.41) is 0. The number of nitrogens with zero attached hydrogens (tertiary/aromatic N) is 2. The molecule has 0 unspecified atom stereocenters. The van der Waals surface area contributed by atoms with Gasteiger partial charge in [0, 0.05) is 29.3 Å². The average molecular weight is 512 g/mol. The molecule has 2 amide bonds. The number of anilines is 1. The maximum absolute atomic E-state index is 16.2. The van der Waals surface area contributed by atoms with Crippen molar-refractivity contribution in [3.8, 4) is 28.0 Å². The van der Waals surface area contributed by atoms with Crippen LogP contribution in [0.15, 0.2) is 60.8 Å². The predicted molar refractivity (Wildman–Crippen MR) is 139 cm³/mol. The van der Waals surface area contributed by atoms with Gasteiger partial charge in [-0.1, -0.05) is 31.2 Å². The van der Waals surface area contributed by atoms with Crippen LogP contribution >= 0.6 is 0 Å². The zero-order valence-corrected chi connectivity index (χ0v) is 20.6. The van der Waals surface area contributed by atoms with Crippen molar-refractivity contribution in [2.45, 2.75) is 26.3 Å². The van der Waals surface area contributed by atoms with E-state index in [1.807, 2.05) is 25.1 Å². The summed E-state index contributed by atoms with van der Waals surface area (Å²) in [5.41, 5.74) is 10.5. The fourth-order valence-electron chi connectivity index (χ4n) is 5.31. The van der Waals surface area contributed by atoms with E-state index in [4.69, 9.17) is 10.5 Å². The standard InChI is InChI=1S/C30H23F2N3O3/c1-2-10-38-19-8-9-20-17(11-19)12-23-26(20)24(14-34-28(23)29(33)36)21-4-3-5-25(27(21)32)35-15-16-6-7-18(31)13-22(16)30(35)37/h3-9,11,13-14H,2,10,12,15H2,1H3,(H2,33,36). The maximum atomic E-state index is 16.2. The zero-order chi connectivity index (χ0) is 26.6. The van der Waals surface area contributed by atoms with Crippen LogP contribution in [0.25, 0.3) is 22.3 Å². The molecule has 1 aliphatic heterocycles. The van der Waals surface area contributed by atoms with Crippen molar-refractivity contribution in [1.29, 1.82) is 0 Å². The van der Waals surface area contributed by atoms with Crippen LogP contribution in [0.3, 0.4) is 0 Å². The van der Waals surface area contributed by atoms with Crippen molar-refractivity contribution < 1.29 is 23.1 Å². The Labute approximate surface area is 217 Å². The van der Waals surface area contributed by atoms with Crippen LogP contribution in [0.4, 0.5) is 14.5 Å². The largest absolute Gasteiger partial charge is 0.494 e. The van der Waals surface area contributed by atoms with Gasteiger partial charge in [-0.25, -0.2) is 8.78 Å². The minimum Gasteiger partial charge on any atom is -0.494 e. The molecule has 0 atom stereocenters. The predicted octanol–water partition coefficient (Wildman–Crippen LogP) is 5.65. The molecule has 0 bridgehead atoms. The van der Waals surface area contributed by atoms with Crippen molar-refractivity contribution in [1.82, 2.24) is 4.98 Å². The smallest absolute Gasteiger partial charge is 0.267 e. The molecule has 2 N–H and O–H groups in total. The first-order valence-electron chi connectivity index (χ1n) is 12.3. The van der Waals surface area contributed by atoms with E-state index in [0.29, 0.717) is 41.0 Å². The van der Waals surface area contributed by atoms with Gasteiger partial charge in [-0.2, -0.15) is 0 Å². The van der Waals surface area contributed by atoms with Gasteiger partial charge in [0.05, 0.1) is 18.8 Å². The number of rotatable bonds is 6. The lowest BCUT2D eigenvalue weighted by atomic mass is 9.94. The highest BCUT2D eigenvalue weighted by Gasteiger charge is 2.33. The number of nitrogens with two attached hydrogens (primary N) is 1. The van der Waals surface area contributed by atoms with E-state index in [2.05, 4.69) is 4.98 Å². The molecule has 2 heterocycles. The Hall–Kier alpha value is -4.59. The molecule has 0 spiro atoms. The molecule has 0 fully saturated rings. The summed E-state index contributed by atoms with van der Waals surface area (Å²) >= 11 is 0. The Morgan fingerprint density at radius 2 is 1.87 bits per heavy atom. The fraction of sp³-hybridized carbons (Fsp3) is 0.167. The van der Waals surface area contributed by atoms with Gasteiger partial charge in [0.2, 0.25) is 0 Å². The Bertz CT molecular complexity index is 1650. The first-order chi connectivity index (χ1) is 18.4. The summed E-state index contributed by atoms with van der Waals surface area (Å²) < 4.78 is 35.7. The van der Waals surface area contributed by atoms with Crippen LogP contribution in [-0.4, -0.2) is 23.4 Å². The van der Waals surface area contributed by atoms with Gasteiger partial charge in [-0.3, -0.25) is 14.6 Å². The Morgan fingerprint density at radius 3 is 2.66 bits per heavy atom. The van der Waals surface area contributed by atoms with Gasteiger partial charge >= 0.3 is 0 Å². The van der Waals surface area contributed by atoms with Gasteiger partial charge in [0.1, 0.15) is 17.3 Å². The number of carbonyl (C=O) groups is 2. The molecule has 0 saturated heterocycles. The third-order valence-electron chi connectivity index (χ3n) is 7.03. The zero-order valence-electron chi connectivity index (χ0n) is 20.6. The molecule has 38 heavy (non-hydrogen) atoms. The Balaban J connectivity index is 1.47. The van der Waals surface area contributed by atoms with E-state index in [1.165, 1.54) is 29.3 Å². The minimum atomic E-state index is -0.662. The van der Waals surface area contributed by atoms with Gasteiger partial charge in [0.15, 0.2) is 5.82 Å². The molecule has 6 rings (SSSR count). The van der Waals surface area contributed by atoms with Gasteiger partial charge in [0.25, 0.3) is 11.8 Å². The number of pyridine rings is 1. The second-order valence-electron chi connectivity index (χ2n) is 9.41. The molecular formula is C30H23F2N3O3. The highest BCUT2D eigenvalue weighted by atomic mass is 19.1. The molecule has 3 aromatic carbocycles. The lowest BCUT2D eigenvalue weighted by molar-refractivity contribution is 0.0987. The van der Waals surface area contributed by atoms with E-state index < -0.39 is 23.4 Å². The summed E-state index contributed by atoms with van der Waals surface area (Å²) in [6.07, 6.45) is 2.72. The third kappa shape index (κ3) is 3.72. The molecule has 2 aliphatic rings. The van der Waals surface area contributed by atoms with Crippen molar-refractivity contribution in [2.75, 3.05) is 11.5 Å².